The molecule has 0 aromatic carbocycles. The summed E-state index contributed by atoms with van der Waals surface area (Å²) in [6.07, 6.45) is 7.69. The normalized spacial score (nSPS) is 10.9. The van der Waals surface area contributed by atoms with E-state index >= 15 is 0 Å². The molecule has 0 spiro atoms. The van der Waals surface area contributed by atoms with Crippen LogP contribution in [0.15, 0.2) is 9.63 Å². The summed E-state index contributed by atoms with van der Waals surface area (Å²) < 4.78 is 1.94. The van der Waals surface area contributed by atoms with E-state index in [9.17, 15) is 5.11 Å². The van der Waals surface area contributed by atoms with Crippen molar-refractivity contribution in [3.05, 3.63) is 10.2 Å². The third-order valence-electron chi connectivity index (χ3n) is 3.28. The topological polar surface area (TPSA) is 63.3 Å². The number of rotatable bonds is 8. The van der Waals surface area contributed by atoms with E-state index in [0.29, 0.717) is 21.1 Å². The Balaban J connectivity index is 0.00000242. The quantitative estimate of drug-likeness (QED) is 0.418. The predicted molar refractivity (Wildman–Crippen MR) is 96.1 cm³/mol. The third-order valence-corrected chi connectivity index (χ3v) is 5.13. The van der Waals surface area contributed by atoms with Crippen LogP contribution < -0.4 is 0 Å². The first-order chi connectivity index (χ1) is 10.1. The predicted octanol–water partition coefficient (Wildman–Crippen LogP) is 3.70. The Hall–Kier alpha value is 0.180. The molecule has 22 heavy (non-hydrogen) atoms. The number of hydrogen-bond acceptors (Lipinski definition) is 5. The van der Waals surface area contributed by atoms with Crippen molar-refractivity contribution in [1.29, 1.82) is 0 Å². The van der Waals surface area contributed by atoms with Gasteiger partial charge in [0.1, 0.15) is 4.47 Å². The first kappa shape index (κ1) is 20.2. The molecule has 5 nitrogen and oxygen atoms in total. The van der Waals surface area contributed by atoms with Crippen LogP contribution in [0, 0.1) is 6.92 Å². The second-order valence-corrected chi connectivity index (χ2v) is 6.91. The van der Waals surface area contributed by atoms with Crippen molar-refractivity contribution in [2.45, 2.75) is 57.5 Å². The molecule has 0 unspecified atom stereocenters. The summed E-state index contributed by atoms with van der Waals surface area (Å²) in [7, 11) is 0. The molecule has 2 rings (SSSR count). The Bertz CT molecular complexity index is 608. The van der Waals surface area contributed by atoms with Gasteiger partial charge in [-0.25, -0.2) is 4.98 Å². The average Bonchev–Trinajstić information content (AvgIpc) is 2.87. The summed E-state index contributed by atoms with van der Waals surface area (Å²) in [5.74, 6) is 1.50. The number of nitrogens with zero attached hydrogens (tertiary/aromatic N) is 4. The molecule has 8 heteroatoms. The van der Waals surface area contributed by atoms with Crippen molar-refractivity contribution in [3.8, 4) is 5.88 Å². The minimum atomic E-state index is 0. The van der Waals surface area contributed by atoms with Gasteiger partial charge >= 0.3 is 29.6 Å². The van der Waals surface area contributed by atoms with E-state index < -0.39 is 0 Å². The maximum atomic E-state index is 10.0. The van der Waals surface area contributed by atoms with E-state index in [1.807, 2.05) is 6.92 Å². The summed E-state index contributed by atoms with van der Waals surface area (Å²) in [6, 6.07) is 0. The van der Waals surface area contributed by atoms with Crippen molar-refractivity contribution in [2.75, 3.05) is 5.75 Å². The number of unbranched alkanes of at least 4 members (excludes halogenated alkanes) is 5. The van der Waals surface area contributed by atoms with Crippen LogP contribution in [-0.4, -0.2) is 60.0 Å². The molecule has 0 aliphatic heterocycles. The van der Waals surface area contributed by atoms with Gasteiger partial charge in [-0.1, -0.05) is 50.8 Å². The Morgan fingerprint density at radius 1 is 1.14 bits per heavy atom. The summed E-state index contributed by atoms with van der Waals surface area (Å²) in [5, 5.41) is 15.0. The van der Waals surface area contributed by atoms with E-state index in [4.69, 9.17) is 0 Å². The molecule has 0 radical (unpaired) electrons. The Morgan fingerprint density at radius 2 is 1.82 bits per heavy atom. The van der Waals surface area contributed by atoms with Crippen LogP contribution in [0.2, 0.25) is 0 Å². The van der Waals surface area contributed by atoms with Gasteiger partial charge in [-0.3, -0.25) is 0 Å². The fourth-order valence-electron chi connectivity index (χ4n) is 2.06. The Morgan fingerprint density at radius 3 is 2.55 bits per heavy atom. The van der Waals surface area contributed by atoms with E-state index in [0.717, 1.165) is 5.75 Å². The standard InChI is InChI=1S/C14H21BrN4OS.Na.H/c1-3-4-5-6-7-8-9-21-14-17-13-16-10(2)11(15)12(20)19(13)18-14;;/h20H,3-9H2,1-2H3;;. The van der Waals surface area contributed by atoms with Crippen molar-refractivity contribution in [1.82, 2.24) is 19.6 Å². The third kappa shape index (κ3) is 5.37. The second kappa shape index (κ2) is 10.1. The molecule has 0 saturated carbocycles. The van der Waals surface area contributed by atoms with E-state index in [1.54, 1.807) is 11.8 Å². The van der Waals surface area contributed by atoms with Crippen LogP contribution in [-0.2, 0) is 0 Å². The van der Waals surface area contributed by atoms with Crippen LogP contribution in [0.4, 0.5) is 0 Å². The van der Waals surface area contributed by atoms with E-state index in [1.165, 1.54) is 43.0 Å². The molecule has 0 atom stereocenters. The van der Waals surface area contributed by atoms with Crippen LogP contribution in [0.1, 0.15) is 51.1 Å². The number of aromatic hydroxyl groups is 1. The fourth-order valence-corrected chi connectivity index (χ4v) is 3.13. The zero-order valence-corrected chi connectivity index (χ0v) is 14.9. The molecule has 2 aromatic rings. The molecule has 0 bridgehead atoms. The van der Waals surface area contributed by atoms with Crippen molar-refractivity contribution >= 4 is 63.0 Å². The number of aromatic nitrogens is 4. The van der Waals surface area contributed by atoms with Crippen molar-refractivity contribution < 1.29 is 5.11 Å². The van der Waals surface area contributed by atoms with Crippen molar-refractivity contribution in [3.63, 3.8) is 0 Å². The van der Waals surface area contributed by atoms with Crippen LogP contribution in [0.5, 0.6) is 5.88 Å². The first-order valence-corrected chi connectivity index (χ1v) is 9.16. The molecular formula is C14H22BrN4NaOS. The minimum absolute atomic E-state index is 0. The second-order valence-electron chi connectivity index (χ2n) is 5.06. The monoisotopic (exact) mass is 396 g/mol. The SMILES string of the molecule is CCCCCCCCSc1nc2nc(C)c(Br)c(O)n2n1.[NaH]. The maximum absolute atomic E-state index is 10.0. The molecule has 2 heterocycles. The fraction of sp³-hybridized carbons (Fsp3) is 0.643. The van der Waals surface area contributed by atoms with Gasteiger partial charge in [0.15, 0.2) is 0 Å². The number of hydrogen-bond donors (Lipinski definition) is 1. The van der Waals surface area contributed by atoms with Crippen molar-refractivity contribution in [2.24, 2.45) is 0 Å². The molecule has 0 aliphatic rings. The molecule has 118 valence electrons. The Labute approximate surface area is 166 Å². The van der Waals surface area contributed by atoms with E-state index in [-0.39, 0.29) is 35.4 Å². The van der Waals surface area contributed by atoms with Crippen LogP contribution >= 0.6 is 27.7 Å². The van der Waals surface area contributed by atoms with Gasteiger partial charge in [-0.2, -0.15) is 9.50 Å². The van der Waals surface area contributed by atoms with Gasteiger partial charge in [0.05, 0.1) is 5.69 Å². The summed E-state index contributed by atoms with van der Waals surface area (Å²) in [4.78, 5) is 8.65. The molecule has 0 amide bonds. The number of halogens is 1. The van der Waals surface area contributed by atoms with Gasteiger partial charge in [0.25, 0.3) is 5.78 Å². The summed E-state index contributed by atoms with van der Waals surface area (Å²) in [6.45, 7) is 4.05. The molecule has 0 saturated heterocycles. The molecule has 2 aromatic heterocycles. The molecule has 0 fully saturated rings. The van der Waals surface area contributed by atoms with Gasteiger partial charge in [-0.15, -0.1) is 5.10 Å². The average molecular weight is 397 g/mol. The van der Waals surface area contributed by atoms with Crippen LogP contribution in [0.25, 0.3) is 5.78 Å². The number of aryl methyl sites for hydroxylation is 1. The first-order valence-electron chi connectivity index (χ1n) is 7.38. The molecule has 0 aliphatic carbocycles. The molecule has 1 N–H and O–H groups in total. The van der Waals surface area contributed by atoms with Gasteiger partial charge < -0.3 is 5.11 Å². The van der Waals surface area contributed by atoms with Crippen LogP contribution in [0.3, 0.4) is 0 Å². The zero-order valence-electron chi connectivity index (χ0n) is 12.5. The summed E-state index contributed by atoms with van der Waals surface area (Å²) in [5.41, 5.74) is 0.708. The molecular weight excluding hydrogens is 375 g/mol. The number of fused-ring (bicyclic) bond motifs is 1. The van der Waals surface area contributed by atoms with Gasteiger partial charge in [0, 0.05) is 5.75 Å². The van der Waals surface area contributed by atoms with Gasteiger partial charge in [0.2, 0.25) is 11.0 Å². The summed E-state index contributed by atoms with van der Waals surface area (Å²) >= 11 is 4.92. The Kier molecular flexibility index (Phi) is 9.31. The van der Waals surface area contributed by atoms with Gasteiger partial charge in [-0.05, 0) is 29.3 Å². The zero-order chi connectivity index (χ0) is 15.2. The van der Waals surface area contributed by atoms with E-state index in [2.05, 4.69) is 37.9 Å². The number of thioether (sulfide) groups is 1.